The van der Waals surface area contributed by atoms with Crippen molar-refractivity contribution in [3.05, 3.63) is 12.2 Å². The van der Waals surface area contributed by atoms with E-state index in [9.17, 15) is 4.79 Å². The summed E-state index contributed by atoms with van der Waals surface area (Å²) in [6.45, 7) is 0. The van der Waals surface area contributed by atoms with Crippen molar-refractivity contribution in [3.8, 4) is 6.07 Å². The predicted octanol–water partition coefficient (Wildman–Crippen LogP) is 1.02. The van der Waals surface area contributed by atoms with Gasteiger partial charge in [0.15, 0.2) is 0 Å². The Balaban J connectivity index is 3.30. The fraction of sp³-hybridized carbons (Fsp3) is 0.429. The molecule has 0 atom stereocenters. The van der Waals surface area contributed by atoms with Gasteiger partial charge in [-0.25, -0.2) is 0 Å². The van der Waals surface area contributed by atoms with Crippen LogP contribution >= 0.6 is 0 Å². The van der Waals surface area contributed by atoms with Crippen LogP contribution in [-0.2, 0) is 9.53 Å². The minimum Gasteiger partial charge on any atom is -0.469 e. The maximum atomic E-state index is 10.4. The van der Waals surface area contributed by atoms with Gasteiger partial charge >= 0.3 is 5.97 Å². The molecule has 0 fully saturated rings. The maximum absolute atomic E-state index is 10.4. The number of allylic oxidation sites excluding steroid dienone is 2. The van der Waals surface area contributed by atoms with Gasteiger partial charge in [0, 0.05) is 12.5 Å². The molecule has 0 bridgehead atoms. The smallest absolute Gasteiger partial charge is 0.305 e. The van der Waals surface area contributed by atoms with E-state index in [2.05, 4.69) is 4.74 Å². The largest absolute Gasteiger partial charge is 0.469 e. The number of methoxy groups -OCH3 is 1. The summed E-state index contributed by atoms with van der Waals surface area (Å²) >= 11 is 0. The van der Waals surface area contributed by atoms with Gasteiger partial charge in [-0.1, -0.05) is 6.08 Å². The number of hydrogen-bond acceptors (Lipinski definition) is 3. The Morgan fingerprint density at radius 1 is 1.80 bits per heavy atom. The van der Waals surface area contributed by atoms with Crippen LogP contribution in [0, 0.1) is 11.3 Å². The van der Waals surface area contributed by atoms with Crippen LogP contribution in [0.1, 0.15) is 12.8 Å². The van der Waals surface area contributed by atoms with Crippen molar-refractivity contribution in [2.75, 3.05) is 7.11 Å². The van der Waals surface area contributed by atoms with Crippen LogP contribution in [-0.4, -0.2) is 13.1 Å². The average Bonchev–Trinajstić information content (AvgIpc) is 1.98. The Kier molecular flexibility index (Phi) is 5.07. The molecule has 0 aromatic rings. The summed E-state index contributed by atoms with van der Waals surface area (Å²) in [6, 6.07) is 1.83. The topological polar surface area (TPSA) is 50.1 Å². The molecule has 54 valence electrons. The average molecular weight is 139 g/mol. The van der Waals surface area contributed by atoms with Crippen molar-refractivity contribution in [2.45, 2.75) is 12.8 Å². The summed E-state index contributed by atoms with van der Waals surface area (Å²) < 4.78 is 4.37. The molecule has 0 amide bonds. The van der Waals surface area contributed by atoms with Crippen molar-refractivity contribution in [3.63, 3.8) is 0 Å². The summed E-state index contributed by atoms with van der Waals surface area (Å²) in [5.41, 5.74) is 0. The molecule has 0 radical (unpaired) electrons. The lowest BCUT2D eigenvalue weighted by Crippen LogP contribution is -1.97. The van der Waals surface area contributed by atoms with Crippen LogP contribution in [0.4, 0.5) is 0 Å². The highest BCUT2D eigenvalue weighted by Crippen LogP contribution is 1.91. The van der Waals surface area contributed by atoms with E-state index < -0.39 is 0 Å². The van der Waals surface area contributed by atoms with Gasteiger partial charge in [-0.2, -0.15) is 5.26 Å². The van der Waals surface area contributed by atoms with Gasteiger partial charge in [-0.05, 0) is 6.42 Å². The molecule has 3 nitrogen and oxygen atoms in total. The minimum absolute atomic E-state index is 0.248. The fourth-order valence-corrected chi connectivity index (χ4v) is 0.439. The van der Waals surface area contributed by atoms with E-state index in [1.54, 1.807) is 6.08 Å². The van der Waals surface area contributed by atoms with E-state index in [0.717, 1.165) is 0 Å². The number of nitrogens with zero attached hydrogens (tertiary/aromatic N) is 1. The standard InChI is InChI=1S/C7H9NO2/c1-10-7(9)5-3-2-4-6-8/h2,4H,3,5H2,1H3/b4-2+. The maximum Gasteiger partial charge on any atom is 0.305 e. The first-order valence-electron chi connectivity index (χ1n) is 2.92. The highest BCUT2D eigenvalue weighted by molar-refractivity contribution is 5.69. The highest BCUT2D eigenvalue weighted by Gasteiger charge is 1.94. The van der Waals surface area contributed by atoms with Gasteiger partial charge in [0.05, 0.1) is 13.2 Å². The van der Waals surface area contributed by atoms with Crippen LogP contribution in [0.3, 0.4) is 0 Å². The molecule has 0 aliphatic heterocycles. The third kappa shape index (κ3) is 4.85. The zero-order chi connectivity index (χ0) is 7.82. The van der Waals surface area contributed by atoms with Crippen molar-refractivity contribution in [1.82, 2.24) is 0 Å². The number of rotatable bonds is 3. The van der Waals surface area contributed by atoms with Crippen LogP contribution in [0.5, 0.6) is 0 Å². The lowest BCUT2D eigenvalue weighted by atomic mass is 10.3. The van der Waals surface area contributed by atoms with E-state index >= 15 is 0 Å². The van der Waals surface area contributed by atoms with Crippen LogP contribution in [0.25, 0.3) is 0 Å². The first-order chi connectivity index (χ1) is 4.81. The Bertz CT molecular complexity index is 167. The minimum atomic E-state index is -0.248. The highest BCUT2D eigenvalue weighted by atomic mass is 16.5. The monoisotopic (exact) mass is 139 g/mol. The predicted molar refractivity (Wildman–Crippen MR) is 36.0 cm³/mol. The van der Waals surface area contributed by atoms with E-state index in [-0.39, 0.29) is 5.97 Å². The second-order valence-corrected chi connectivity index (χ2v) is 1.65. The number of carbonyl (C=O) groups is 1. The number of nitriles is 1. The summed E-state index contributed by atoms with van der Waals surface area (Å²) in [7, 11) is 1.34. The summed E-state index contributed by atoms with van der Waals surface area (Å²) in [4.78, 5) is 10.4. The molecule has 0 unspecified atom stereocenters. The molecule has 3 heteroatoms. The number of ether oxygens (including phenoxy) is 1. The summed E-state index contributed by atoms with van der Waals surface area (Å²) in [5.74, 6) is -0.248. The summed E-state index contributed by atoms with van der Waals surface area (Å²) in [5, 5.41) is 8.04. The molecule has 0 aliphatic rings. The third-order valence-electron chi connectivity index (χ3n) is 0.935. The molecule has 0 spiro atoms. The van der Waals surface area contributed by atoms with Crippen molar-refractivity contribution >= 4 is 5.97 Å². The fourth-order valence-electron chi connectivity index (χ4n) is 0.439. The van der Waals surface area contributed by atoms with Crippen LogP contribution in [0.2, 0.25) is 0 Å². The van der Waals surface area contributed by atoms with E-state index in [4.69, 9.17) is 5.26 Å². The van der Waals surface area contributed by atoms with E-state index in [0.29, 0.717) is 12.8 Å². The summed E-state index contributed by atoms with van der Waals surface area (Å²) in [6.07, 6.45) is 3.90. The van der Waals surface area contributed by atoms with Gasteiger partial charge in [0.25, 0.3) is 0 Å². The van der Waals surface area contributed by atoms with Crippen molar-refractivity contribution in [1.29, 1.82) is 5.26 Å². The lowest BCUT2D eigenvalue weighted by molar-refractivity contribution is -0.140. The van der Waals surface area contributed by atoms with Gasteiger partial charge in [-0.15, -0.1) is 0 Å². The molecule has 0 rings (SSSR count). The first kappa shape index (κ1) is 8.70. The Morgan fingerprint density at radius 2 is 2.50 bits per heavy atom. The Morgan fingerprint density at radius 3 is 3.00 bits per heavy atom. The van der Waals surface area contributed by atoms with Gasteiger partial charge < -0.3 is 4.74 Å². The molecule has 10 heavy (non-hydrogen) atoms. The van der Waals surface area contributed by atoms with Crippen LogP contribution in [0.15, 0.2) is 12.2 Å². The zero-order valence-corrected chi connectivity index (χ0v) is 5.83. The van der Waals surface area contributed by atoms with E-state index in [1.165, 1.54) is 13.2 Å². The Labute approximate surface area is 59.9 Å². The number of esters is 1. The molecule has 0 aromatic heterocycles. The van der Waals surface area contributed by atoms with E-state index in [1.807, 2.05) is 6.07 Å². The lowest BCUT2D eigenvalue weighted by Gasteiger charge is -1.92. The van der Waals surface area contributed by atoms with Crippen LogP contribution < -0.4 is 0 Å². The third-order valence-corrected chi connectivity index (χ3v) is 0.935. The normalized spacial score (nSPS) is 9.20. The molecule has 0 heterocycles. The van der Waals surface area contributed by atoms with Gasteiger partial charge in [-0.3, -0.25) is 4.79 Å². The van der Waals surface area contributed by atoms with Gasteiger partial charge in [0.1, 0.15) is 0 Å². The molecule has 0 saturated carbocycles. The molecular formula is C7H9NO2. The number of carbonyl (C=O) groups excluding carboxylic acids is 1. The molecule has 0 aromatic carbocycles. The second-order valence-electron chi connectivity index (χ2n) is 1.65. The number of hydrogen-bond donors (Lipinski definition) is 0. The molecule has 0 aliphatic carbocycles. The SMILES string of the molecule is COC(=O)CC/C=C/C#N. The quantitative estimate of drug-likeness (QED) is 0.433. The van der Waals surface area contributed by atoms with Crippen molar-refractivity contribution in [2.24, 2.45) is 0 Å². The Hall–Kier alpha value is -1.30. The molecule has 0 N–H and O–H groups in total. The second kappa shape index (κ2) is 5.83. The first-order valence-corrected chi connectivity index (χ1v) is 2.92. The molecular weight excluding hydrogens is 130 g/mol. The van der Waals surface area contributed by atoms with Crippen molar-refractivity contribution < 1.29 is 9.53 Å². The zero-order valence-electron chi connectivity index (χ0n) is 5.83. The van der Waals surface area contributed by atoms with Gasteiger partial charge in [0.2, 0.25) is 0 Å². The molecule has 0 saturated heterocycles.